The van der Waals surface area contributed by atoms with Crippen LogP contribution in [0.1, 0.15) is 15.2 Å². The molecule has 0 bridgehead atoms. The number of fused-ring (bicyclic) bond motifs is 1. The molecule has 0 spiro atoms. The summed E-state index contributed by atoms with van der Waals surface area (Å²) in [5, 5.41) is 3.69. The quantitative estimate of drug-likeness (QED) is 0.411. The fraction of sp³-hybridized carbons (Fsp3) is 0.0909. The predicted molar refractivity (Wildman–Crippen MR) is 116 cm³/mol. The van der Waals surface area contributed by atoms with Crippen LogP contribution in [0.2, 0.25) is 0 Å². The van der Waals surface area contributed by atoms with E-state index in [1.165, 1.54) is 47.7 Å². The second-order valence-electron chi connectivity index (χ2n) is 6.88. The van der Waals surface area contributed by atoms with Crippen LogP contribution in [0, 0.1) is 0 Å². The molecular weight excluding hydrogens is 477 g/mol. The van der Waals surface area contributed by atoms with Crippen LogP contribution in [0.5, 0.6) is 5.75 Å². The van der Waals surface area contributed by atoms with E-state index in [2.05, 4.69) is 15.0 Å². The standard InChI is InChI=1S/C22H15F3N2O4S2/c23-22(24,25)31-16-2-1-3-18(11-16)33(29,30)17-6-4-14(5-7-17)12-27-21(28)19-10-15-8-9-26-13-20(15)32-19/h1-11,13H,12H2,(H,27,28). The van der Waals surface area contributed by atoms with Gasteiger partial charge in [0.25, 0.3) is 5.91 Å². The summed E-state index contributed by atoms with van der Waals surface area (Å²) in [6, 6.07) is 13.5. The van der Waals surface area contributed by atoms with Crippen molar-refractivity contribution in [2.24, 2.45) is 0 Å². The van der Waals surface area contributed by atoms with Crippen LogP contribution in [0.15, 0.2) is 82.8 Å². The zero-order valence-electron chi connectivity index (χ0n) is 16.7. The van der Waals surface area contributed by atoms with Gasteiger partial charge in [0.05, 0.1) is 19.4 Å². The fourth-order valence-corrected chi connectivity index (χ4v) is 5.27. The third-order valence-electron chi connectivity index (χ3n) is 4.58. The van der Waals surface area contributed by atoms with Gasteiger partial charge in [-0.15, -0.1) is 24.5 Å². The van der Waals surface area contributed by atoms with E-state index in [1.54, 1.807) is 18.5 Å². The number of pyridine rings is 1. The highest BCUT2D eigenvalue weighted by Gasteiger charge is 2.31. The van der Waals surface area contributed by atoms with Gasteiger partial charge in [-0.2, -0.15) is 0 Å². The van der Waals surface area contributed by atoms with Gasteiger partial charge < -0.3 is 10.1 Å². The van der Waals surface area contributed by atoms with Crippen molar-refractivity contribution in [1.82, 2.24) is 10.3 Å². The Bertz CT molecular complexity index is 1380. The molecule has 2 aromatic carbocycles. The normalized spacial score (nSPS) is 12.0. The van der Waals surface area contributed by atoms with Gasteiger partial charge in [-0.1, -0.05) is 18.2 Å². The van der Waals surface area contributed by atoms with Crippen LogP contribution in [0.25, 0.3) is 10.1 Å². The first-order valence-electron chi connectivity index (χ1n) is 9.43. The molecule has 0 aliphatic rings. The van der Waals surface area contributed by atoms with E-state index in [4.69, 9.17) is 0 Å². The lowest BCUT2D eigenvalue weighted by Crippen LogP contribution is -2.21. The SMILES string of the molecule is O=C(NCc1ccc(S(=O)(=O)c2cccc(OC(F)(F)F)c2)cc1)c1cc2ccncc2s1. The average Bonchev–Trinajstić information content (AvgIpc) is 3.21. The van der Waals surface area contributed by atoms with Gasteiger partial charge in [0.1, 0.15) is 5.75 Å². The molecule has 0 aliphatic heterocycles. The molecule has 4 rings (SSSR count). The zero-order valence-corrected chi connectivity index (χ0v) is 18.3. The Morgan fingerprint density at radius 3 is 2.48 bits per heavy atom. The highest BCUT2D eigenvalue weighted by atomic mass is 32.2. The monoisotopic (exact) mass is 492 g/mol. The summed E-state index contributed by atoms with van der Waals surface area (Å²) >= 11 is 1.31. The van der Waals surface area contributed by atoms with Crippen molar-refractivity contribution in [3.8, 4) is 5.75 Å². The number of aromatic nitrogens is 1. The summed E-state index contributed by atoms with van der Waals surface area (Å²) < 4.78 is 67.5. The summed E-state index contributed by atoms with van der Waals surface area (Å²) in [6.07, 6.45) is -1.60. The van der Waals surface area contributed by atoms with Crippen LogP contribution >= 0.6 is 11.3 Å². The molecule has 0 aliphatic carbocycles. The molecule has 0 unspecified atom stereocenters. The molecule has 33 heavy (non-hydrogen) atoms. The lowest BCUT2D eigenvalue weighted by molar-refractivity contribution is -0.274. The van der Waals surface area contributed by atoms with Crippen LogP contribution in [0.3, 0.4) is 0 Å². The molecule has 1 amide bonds. The summed E-state index contributed by atoms with van der Waals surface area (Å²) in [5.41, 5.74) is 0.652. The van der Waals surface area contributed by atoms with Gasteiger partial charge in [-0.05, 0) is 53.4 Å². The highest BCUT2D eigenvalue weighted by molar-refractivity contribution is 7.91. The molecule has 170 valence electrons. The first-order valence-corrected chi connectivity index (χ1v) is 11.7. The maximum atomic E-state index is 12.8. The molecule has 6 nitrogen and oxygen atoms in total. The van der Waals surface area contributed by atoms with Gasteiger partial charge in [0.2, 0.25) is 9.84 Å². The van der Waals surface area contributed by atoms with Crippen molar-refractivity contribution in [1.29, 1.82) is 0 Å². The van der Waals surface area contributed by atoms with Gasteiger partial charge in [-0.3, -0.25) is 9.78 Å². The van der Waals surface area contributed by atoms with Gasteiger partial charge in [0, 0.05) is 18.9 Å². The predicted octanol–water partition coefficient (Wildman–Crippen LogP) is 4.96. The zero-order chi connectivity index (χ0) is 23.6. The van der Waals surface area contributed by atoms with E-state index >= 15 is 0 Å². The van der Waals surface area contributed by atoms with Crippen LogP contribution in [-0.2, 0) is 16.4 Å². The molecule has 4 aromatic rings. The van der Waals surface area contributed by atoms with Gasteiger partial charge in [-0.25, -0.2) is 8.42 Å². The summed E-state index contributed by atoms with van der Waals surface area (Å²) in [4.78, 5) is 16.5. The van der Waals surface area contributed by atoms with E-state index in [-0.39, 0.29) is 22.2 Å². The number of nitrogens with one attached hydrogen (secondary N) is 1. The number of halogens is 3. The maximum Gasteiger partial charge on any atom is 0.573 e. The second-order valence-corrected chi connectivity index (χ2v) is 9.91. The number of hydrogen-bond acceptors (Lipinski definition) is 6. The number of carbonyl (C=O) groups excluding carboxylic acids is 1. The first-order chi connectivity index (χ1) is 15.6. The molecule has 2 aromatic heterocycles. The van der Waals surface area contributed by atoms with E-state index in [0.29, 0.717) is 10.4 Å². The molecule has 2 heterocycles. The van der Waals surface area contributed by atoms with Crippen molar-refractivity contribution in [3.05, 3.63) is 83.5 Å². The number of rotatable bonds is 6. The number of nitrogens with zero attached hydrogens (tertiary/aromatic N) is 1. The number of sulfone groups is 1. The Kier molecular flexibility index (Phi) is 6.09. The highest BCUT2D eigenvalue weighted by Crippen LogP contribution is 2.28. The molecule has 11 heteroatoms. The third kappa shape index (κ3) is 5.32. The minimum absolute atomic E-state index is 0.0984. The Hall–Kier alpha value is -3.44. The van der Waals surface area contributed by atoms with Gasteiger partial charge in [0.15, 0.2) is 0 Å². The topological polar surface area (TPSA) is 85.4 Å². The molecule has 0 radical (unpaired) electrons. The molecule has 0 fully saturated rings. The van der Waals surface area contributed by atoms with Crippen molar-refractivity contribution >= 4 is 37.2 Å². The number of alkyl halides is 3. The average molecular weight is 493 g/mol. The Labute approximate surface area is 190 Å². The smallest absolute Gasteiger partial charge is 0.406 e. The third-order valence-corrected chi connectivity index (χ3v) is 7.43. The van der Waals surface area contributed by atoms with Crippen molar-refractivity contribution in [3.63, 3.8) is 0 Å². The Balaban J connectivity index is 1.45. The minimum Gasteiger partial charge on any atom is -0.406 e. The van der Waals surface area contributed by atoms with Crippen LogP contribution in [-0.4, -0.2) is 25.7 Å². The summed E-state index contributed by atoms with van der Waals surface area (Å²) in [5.74, 6) is -0.894. The number of carbonyl (C=O) groups is 1. The largest absolute Gasteiger partial charge is 0.573 e. The second kappa shape index (κ2) is 8.83. The molecule has 1 N–H and O–H groups in total. The van der Waals surface area contributed by atoms with Gasteiger partial charge >= 0.3 is 6.36 Å². The molecular formula is C22H15F3N2O4S2. The van der Waals surface area contributed by atoms with Crippen LogP contribution in [0.4, 0.5) is 13.2 Å². The molecule has 0 saturated carbocycles. The number of ether oxygens (including phenoxy) is 1. The number of thiophene rings is 1. The lowest BCUT2D eigenvalue weighted by atomic mass is 10.2. The number of benzene rings is 2. The van der Waals surface area contributed by atoms with E-state index in [0.717, 1.165) is 22.2 Å². The summed E-state index contributed by atoms with van der Waals surface area (Å²) in [6.45, 7) is 0.167. The molecule has 0 atom stereocenters. The first kappa shape index (κ1) is 22.7. The van der Waals surface area contributed by atoms with E-state index in [9.17, 15) is 26.4 Å². The van der Waals surface area contributed by atoms with Crippen molar-refractivity contribution in [2.45, 2.75) is 22.7 Å². The van der Waals surface area contributed by atoms with E-state index < -0.39 is 21.9 Å². The number of amides is 1. The van der Waals surface area contributed by atoms with Crippen molar-refractivity contribution in [2.75, 3.05) is 0 Å². The Morgan fingerprint density at radius 2 is 1.79 bits per heavy atom. The summed E-state index contributed by atoms with van der Waals surface area (Å²) in [7, 11) is -4.06. The maximum absolute atomic E-state index is 12.8. The molecule has 0 saturated heterocycles. The number of hydrogen-bond donors (Lipinski definition) is 1. The van der Waals surface area contributed by atoms with E-state index in [1.807, 2.05) is 6.07 Å². The van der Waals surface area contributed by atoms with Crippen molar-refractivity contribution < 1.29 is 31.1 Å². The minimum atomic E-state index is -4.93. The Morgan fingerprint density at radius 1 is 1.03 bits per heavy atom. The van der Waals surface area contributed by atoms with Crippen LogP contribution < -0.4 is 10.1 Å². The lowest BCUT2D eigenvalue weighted by Gasteiger charge is -2.11. The fourth-order valence-electron chi connectivity index (χ4n) is 3.03.